The van der Waals surface area contributed by atoms with Crippen molar-refractivity contribution < 1.29 is 18.0 Å². The molecule has 35 heavy (non-hydrogen) atoms. The minimum atomic E-state index is -4.37. The lowest BCUT2D eigenvalue weighted by Crippen LogP contribution is -2.41. The average Bonchev–Trinajstić information content (AvgIpc) is 3.42. The third kappa shape index (κ3) is 4.91. The molecule has 0 spiro atoms. The Hall–Kier alpha value is -3.33. The van der Waals surface area contributed by atoms with Gasteiger partial charge in [0, 0.05) is 29.6 Å². The van der Waals surface area contributed by atoms with E-state index in [4.69, 9.17) is 0 Å². The van der Waals surface area contributed by atoms with Crippen LogP contribution in [0.4, 0.5) is 13.2 Å². The first-order chi connectivity index (χ1) is 16.7. The van der Waals surface area contributed by atoms with Gasteiger partial charge in [-0.1, -0.05) is 6.07 Å². The number of hydrogen-bond donors (Lipinski definition) is 3. The van der Waals surface area contributed by atoms with Crippen LogP contribution in [0.15, 0.2) is 42.6 Å². The minimum Gasteiger partial charge on any atom is -0.361 e. The van der Waals surface area contributed by atoms with Gasteiger partial charge in [-0.05, 0) is 81.2 Å². The van der Waals surface area contributed by atoms with Gasteiger partial charge in [0.05, 0.1) is 22.6 Å². The number of aromatic nitrogens is 3. The summed E-state index contributed by atoms with van der Waals surface area (Å²) in [7, 11) is 0. The number of H-pyrrole nitrogens is 2. The van der Waals surface area contributed by atoms with Crippen LogP contribution in [0.1, 0.15) is 48.3 Å². The third-order valence-corrected chi connectivity index (χ3v) is 6.87. The van der Waals surface area contributed by atoms with Gasteiger partial charge in [-0.15, -0.1) is 0 Å². The van der Waals surface area contributed by atoms with E-state index in [1.54, 1.807) is 6.20 Å². The van der Waals surface area contributed by atoms with Crippen LogP contribution in [0.25, 0.3) is 21.9 Å². The molecule has 0 aliphatic carbocycles. The summed E-state index contributed by atoms with van der Waals surface area (Å²) < 4.78 is 39.4. The zero-order chi connectivity index (χ0) is 24.7. The number of rotatable bonds is 5. The number of fused-ring (bicyclic) bond motifs is 2. The smallest absolute Gasteiger partial charge is 0.361 e. The van der Waals surface area contributed by atoms with Crippen LogP contribution in [0.5, 0.6) is 0 Å². The number of imidazole rings is 1. The molecule has 6 nitrogen and oxygen atoms in total. The van der Waals surface area contributed by atoms with Gasteiger partial charge in [0.25, 0.3) is 0 Å². The van der Waals surface area contributed by atoms with Crippen molar-refractivity contribution >= 4 is 27.8 Å². The van der Waals surface area contributed by atoms with E-state index in [0.717, 1.165) is 34.1 Å². The standard InChI is InChI=1S/C26H28F3N5O/c1-15-3-5-22-23(11-15)33-24(32-22)16(2)31-25(35)17-7-9-34(10-8-17)14-18-13-30-21-6-4-19(12-20(18)21)26(27,28)29/h3-6,11-13,16-17,30H,7-10,14H2,1-2H3,(H,31,35)(H,32,33). The summed E-state index contributed by atoms with van der Waals surface area (Å²) in [5, 5.41) is 3.68. The highest BCUT2D eigenvalue weighted by molar-refractivity contribution is 5.84. The number of nitrogens with zero attached hydrogens (tertiary/aromatic N) is 2. The van der Waals surface area contributed by atoms with Gasteiger partial charge in [0.15, 0.2) is 0 Å². The predicted octanol–water partition coefficient (Wildman–Crippen LogP) is 5.46. The van der Waals surface area contributed by atoms with Gasteiger partial charge in [0.1, 0.15) is 5.82 Å². The van der Waals surface area contributed by atoms with Gasteiger partial charge >= 0.3 is 6.18 Å². The Bertz CT molecular complexity index is 1360. The van der Waals surface area contributed by atoms with Crippen LogP contribution in [0.2, 0.25) is 0 Å². The number of alkyl halides is 3. The fraction of sp³-hybridized carbons (Fsp3) is 0.385. The summed E-state index contributed by atoms with van der Waals surface area (Å²) in [6.07, 6.45) is -1.19. The molecule has 3 N–H and O–H groups in total. The van der Waals surface area contributed by atoms with E-state index in [2.05, 4.69) is 25.2 Å². The fourth-order valence-corrected chi connectivity index (χ4v) is 4.83. The van der Waals surface area contributed by atoms with E-state index in [0.29, 0.717) is 43.4 Å². The van der Waals surface area contributed by atoms with E-state index in [1.165, 1.54) is 12.1 Å². The molecule has 2 aromatic heterocycles. The first kappa shape index (κ1) is 23.4. The molecule has 1 fully saturated rings. The van der Waals surface area contributed by atoms with Gasteiger partial charge in [-0.2, -0.15) is 13.2 Å². The van der Waals surface area contributed by atoms with Crippen molar-refractivity contribution in [3.05, 3.63) is 65.1 Å². The lowest BCUT2D eigenvalue weighted by Gasteiger charge is -2.31. The van der Waals surface area contributed by atoms with Crippen molar-refractivity contribution in [3.63, 3.8) is 0 Å². The van der Waals surface area contributed by atoms with Gasteiger partial charge in [-0.3, -0.25) is 9.69 Å². The summed E-state index contributed by atoms with van der Waals surface area (Å²) in [5.74, 6) is 0.643. The number of likely N-dealkylation sites (tertiary alicyclic amines) is 1. The molecular weight excluding hydrogens is 455 g/mol. The molecule has 184 valence electrons. The average molecular weight is 484 g/mol. The molecular formula is C26H28F3N5O. The molecule has 1 saturated heterocycles. The van der Waals surface area contributed by atoms with E-state index in [9.17, 15) is 18.0 Å². The maximum atomic E-state index is 13.1. The zero-order valence-electron chi connectivity index (χ0n) is 19.7. The molecule has 1 aliphatic heterocycles. The van der Waals surface area contributed by atoms with Crippen LogP contribution >= 0.6 is 0 Å². The molecule has 4 aromatic rings. The molecule has 0 saturated carbocycles. The number of benzene rings is 2. The van der Waals surface area contributed by atoms with Gasteiger partial charge < -0.3 is 15.3 Å². The van der Waals surface area contributed by atoms with Crippen molar-refractivity contribution in [2.45, 2.75) is 45.5 Å². The number of amides is 1. The number of carbonyl (C=O) groups is 1. The van der Waals surface area contributed by atoms with E-state index in [-0.39, 0.29) is 17.9 Å². The van der Waals surface area contributed by atoms with Crippen molar-refractivity contribution in [2.24, 2.45) is 5.92 Å². The first-order valence-electron chi connectivity index (χ1n) is 11.8. The summed E-state index contributed by atoms with van der Waals surface area (Å²) in [4.78, 5) is 26.1. The number of piperidine rings is 1. The Kier molecular flexibility index (Phi) is 6.04. The second-order valence-electron chi connectivity index (χ2n) is 9.50. The number of aromatic amines is 2. The summed E-state index contributed by atoms with van der Waals surface area (Å²) >= 11 is 0. The highest BCUT2D eigenvalue weighted by Crippen LogP contribution is 2.33. The molecule has 0 radical (unpaired) electrons. The summed E-state index contributed by atoms with van der Waals surface area (Å²) in [5.41, 5.74) is 3.85. The highest BCUT2D eigenvalue weighted by Gasteiger charge is 2.31. The van der Waals surface area contributed by atoms with Crippen LogP contribution in [0.3, 0.4) is 0 Å². The normalized spacial score (nSPS) is 16.7. The number of aryl methyl sites for hydroxylation is 1. The Morgan fingerprint density at radius 3 is 2.69 bits per heavy atom. The fourth-order valence-electron chi connectivity index (χ4n) is 4.83. The van der Waals surface area contributed by atoms with Gasteiger partial charge in [-0.25, -0.2) is 4.98 Å². The van der Waals surface area contributed by atoms with Crippen LogP contribution in [-0.2, 0) is 17.5 Å². The monoisotopic (exact) mass is 483 g/mol. The maximum absolute atomic E-state index is 13.1. The van der Waals surface area contributed by atoms with E-state index < -0.39 is 11.7 Å². The van der Waals surface area contributed by atoms with Crippen molar-refractivity contribution in [1.82, 2.24) is 25.2 Å². The molecule has 2 aromatic carbocycles. The van der Waals surface area contributed by atoms with Crippen LogP contribution in [0, 0.1) is 12.8 Å². The minimum absolute atomic E-state index is 0.00991. The number of hydrogen-bond acceptors (Lipinski definition) is 3. The SMILES string of the molecule is Cc1ccc2nc(C(C)NC(=O)C3CCN(Cc4c[nH]c5ccc(C(F)(F)F)cc45)CC3)[nH]c2c1. The number of carbonyl (C=O) groups excluding carboxylic acids is 1. The lowest BCUT2D eigenvalue weighted by atomic mass is 9.95. The Morgan fingerprint density at radius 1 is 1.17 bits per heavy atom. The highest BCUT2D eigenvalue weighted by atomic mass is 19.4. The Morgan fingerprint density at radius 2 is 1.94 bits per heavy atom. The topological polar surface area (TPSA) is 76.8 Å². The molecule has 1 unspecified atom stereocenters. The van der Waals surface area contributed by atoms with Gasteiger partial charge in [0.2, 0.25) is 5.91 Å². The first-order valence-corrected chi connectivity index (χ1v) is 11.8. The molecule has 1 aliphatic rings. The molecule has 9 heteroatoms. The third-order valence-electron chi connectivity index (χ3n) is 6.87. The Balaban J connectivity index is 1.18. The van der Waals surface area contributed by atoms with E-state index >= 15 is 0 Å². The van der Waals surface area contributed by atoms with E-state index in [1.807, 2.05) is 32.0 Å². The molecule has 1 amide bonds. The largest absolute Gasteiger partial charge is 0.416 e. The molecule has 3 heterocycles. The second-order valence-corrected chi connectivity index (χ2v) is 9.50. The number of halogens is 3. The predicted molar refractivity (Wildman–Crippen MR) is 129 cm³/mol. The second kappa shape index (κ2) is 9.03. The Labute approximate surface area is 200 Å². The van der Waals surface area contributed by atoms with Crippen molar-refractivity contribution in [2.75, 3.05) is 13.1 Å². The van der Waals surface area contributed by atoms with Crippen LogP contribution < -0.4 is 5.32 Å². The molecule has 0 bridgehead atoms. The summed E-state index contributed by atoms with van der Waals surface area (Å²) in [6, 6.07) is 9.56. The lowest BCUT2D eigenvalue weighted by molar-refractivity contribution is -0.137. The summed E-state index contributed by atoms with van der Waals surface area (Å²) in [6.45, 7) is 5.91. The van der Waals surface area contributed by atoms with Crippen molar-refractivity contribution in [3.8, 4) is 0 Å². The van der Waals surface area contributed by atoms with Crippen molar-refractivity contribution in [1.29, 1.82) is 0 Å². The number of nitrogens with one attached hydrogen (secondary N) is 3. The molecule has 1 atom stereocenters. The quantitative estimate of drug-likeness (QED) is 0.353. The van der Waals surface area contributed by atoms with Crippen LogP contribution in [-0.4, -0.2) is 38.8 Å². The maximum Gasteiger partial charge on any atom is 0.416 e. The molecule has 5 rings (SSSR count). The zero-order valence-corrected chi connectivity index (χ0v) is 19.7.